The number of nitrogens with two attached hydrogens (primary N) is 1. The Kier molecular flexibility index (Phi) is 8.57. The van der Waals surface area contributed by atoms with E-state index in [1.807, 2.05) is 12.4 Å². The summed E-state index contributed by atoms with van der Waals surface area (Å²) in [4.78, 5) is 17.1. The van der Waals surface area contributed by atoms with Gasteiger partial charge < -0.3 is 11.1 Å². The van der Waals surface area contributed by atoms with Crippen molar-refractivity contribution in [1.82, 2.24) is 10.3 Å². The maximum Gasteiger partial charge on any atom is 0.220 e. The molecule has 7 heteroatoms. The molecule has 0 spiro atoms. The van der Waals surface area contributed by atoms with Crippen LogP contribution < -0.4 is 11.1 Å². The summed E-state index contributed by atoms with van der Waals surface area (Å²) in [7, 11) is 0. The van der Waals surface area contributed by atoms with Gasteiger partial charge in [0.25, 0.3) is 0 Å². The maximum atomic E-state index is 11.8. The van der Waals surface area contributed by atoms with E-state index in [4.69, 9.17) is 5.73 Å². The van der Waals surface area contributed by atoms with Crippen LogP contribution in [0.1, 0.15) is 36.3 Å². The first-order valence-corrected chi connectivity index (χ1v) is 6.96. The zero-order valence-electron chi connectivity index (χ0n) is 10.9. The van der Waals surface area contributed by atoms with E-state index in [9.17, 15) is 4.79 Å². The Morgan fingerprint density at radius 2 is 2.26 bits per heavy atom. The molecule has 1 heterocycles. The Morgan fingerprint density at radius 1 is 1.53 bits per heavy atom. The molecule has 0 radical (unpaired) electrons. The predicted octanol–water partition coefficient (Wildman–Crippen LogP) is 2.43. The van der Waals surface area contributed by atoms with Gasteiger partial charge in [0, 0.05) is 17.3 Å². The minimum absolute atomic E-state index is 0. The number of rotatable bonds is 4. The number of aromatic nitrogens is 1. The smallest absolute Gasteiger partial charge is 0.220 e. The Labute approximate surface area is 130 Å². The molecule has 1 aliphatic carbocycles. The number of nitrogens with zero attached hydrogens (tertiary/aromatic N) is 1. The summed E-state index contributed by atoms with van der Waals surface area (Å²) in [6, 6.07) is 0.214. The fourth-order valence-electron chi connectivity index (χ4n) is 2.30. The van der Waals surface area contributed by atoms with Gasteiger partial charge in [-0.1, -0.05) is 6.42 Å². The number of amides is 1. The molecule has 1 aliphatic rings. The zero-order valence-corrected chi connectivity index (χ0v) is 13.4. The van der Waals surface area contributed by atoms with Gasteiger partial charge in [-0.3, -0.25) is 4.79 Å². The average molecular weight is 326 g/mol. The fourth-order valence-corrected chi connectivity index (χ4v) is 3.02. The number of aryl methyl sites for hydroxylation is 1. The van der Waals surface area contributed by atoms with E-state index in [0.29, 0.717) is 18.9 Å². The number of carbonyl (C=O) groups excluding carboxylic acids is 1. The van der Waals surface area contributed by atoms with Crippen LogP contribution in [0.2, 0.25) is 0 Å². The molecule has 1 aromatic heterocycles. The van der Waals surface area contributed by atoms with Crippen molar-refractivity contribution in [3.8, 4) is 0 Å². The van der Waals surface area contributed by atoms with Crippen LogP contribution in [0.4, 0.5) is 0 Å². The van der Waals surface area contributed by atoms with Gasteiger partial charge in [0.05, 0.1) is 17.7 Å². The number of nitrogens with one attached hydrogen (secondary N) is 1. The highest BCUT2D eigenvalue weighted by Gasteiger charge is 2.25. The largest absolute Gasteiger partial charge is 0.351 e. The molecule has 0 aromatic carbocycles. The molecule has 0 bridgehead atoms. The van der Waals surface area contributed by atoms with E-state index < -0.39 is 0 Å². The third kappa shape index (κ3) is 5.26. The summed E-state index contributed by atoms with van der Waals surface area (Å²) < 4.78 is 0. The van der Waals surface area contributed by atoms with Crippen molar-refractivity contribution in [1.29, 1.82) is 0 Å². The van der Waals surface area contributed by atoms with Crippen molar-refractivity contribution >= 4 is 42.1 Å². The number of hydrogen-bond acceptors (Lipinski definition) is 4. The van der Waals surface area contributed by atoms with Crippen LogP contribution in [0.15, 0.2) is 5.51 Å². The Bertz CT molecular complexity index is 400. The zero-order chi connectivity index (χ0) is 12.3. The van der Waals surface area contributed by atoms with Crippen molar-refractivity contribution in [2.24, 2.45) is 11.7 Å². The van der Waals surface area contributed by atoms with Crippen LogP contribution in [0.25, 0.3) is 0 Å². The lowest BCUT2D eigenvalue weighted by molar-refractivity contribution is -0.122. The first-order valence-electron chi connectivity index (χ1n) is 6.08. The van der Waals surface area contributed by atoms with Crippen LogP contribution in [0.3, 0.4) is 0 Å². The highest BCUT2D eigenvalue weighted by Crippen LogP contribution is 2.26. The van der Waals surface area contributed by atoms with Crippen LogP contribution in [0.5, 0.6) is 0 Å². The van der Waals surface area contributed by atoms with Crippen molar-refractivity contribution in [2.45, 2.75) is 45.2 Å². The maximum absolute atomic E-state index is 11.8. The summed E-state index contributed by atoms with van der Waals surface area (Å²) in [6.07, 6.45) is 3.88. The molecule has 110 valence electrons. The molecule has 19 heavy (non-hydrogen) atoms. The van der Waals surface area contributed by atoms with Crippen molar-refractivity contribution in [3.05, 3.63) is 16.1 Å². The van der Waals surface area contributed by atoms with Gasteiger partial charge >= 0.3 is 0 Å². The third-order valence-corrected chi connectivity index (χ3v) is 4.39. The highest BCUT2D eigenvalue weighted by atomic mass is 35.5. The summed E-state index contributed by atoms with van der Waals surface area (Å²) >= 11 is 1.58. The monoisotopic (exact) mass is 325 g/mol. The van der Waals surface area contributed by atoms with Gasteiger partial charge in [-0.25, -0.2) is 4.98 Å². The summed E-state index contributed by atoms with van der Waals surface area (Å²) in [5, 5.41) is 2.95. The predicted molar refractivity (Wildman–Crippen MR) is 83.1 cm³/mol. The second-order valence-corrected chi connectivity index (χ2v) is 5.64. The fraction of sp³-hybridized carbons (Fsp3) is 0.667. The Balaban J connectivity index is 0.00000162. The van der Waals surface area contributed by atoms with E-state index in [-0.39, 0.29) is 36.8 Å². The first kappa shape index (κ1) is 18.6. The van der Waals surface area contributed by atoms with E-state index in [2.05, 4.69) is 10.3 Å². The molecule has 4 nitrogen and oxygen atoms in total. The normalized spacial score (nSPS) is 21.4. The SMILES string of the molecule is Cc1ncsc1CNC(=O)C[C@@H]1CCC[C@H]1N.Cl.Cl. The van der Waals surface area contributed by atoms with Gasteiger partial charge in [0.15, 0.2) is 0 Å². The molecule has 0 unspecified atom stereocenters. The van der Waals surface area contributed by atoms with Gasteiger partial charge in [-0.05, 0) is 25.7 Å². The first-order chi connectivity index (χ1) is 8.16. The number of thiazole rings is 1. The molecule has 0 aliphatic heterocycles. The standard InChI is InChI=1S/C12H19N3OS.2ClH/c1-8-11(17-7-15-8)6-14-12(16)5-9-3-2-4-10(9)13;;/h7,9-10H,2-6,13H2,1H3,(H,14,16);2*1H/t9-,10+;;/m0../s1. The van der Waals surface area contributed by atoms with Crippen molar-refractivity contribution < 1.29 is 4.79 Å². The Hall–Kier alpha value is -0.360. The minimum atomic E-state index is 0. The summed E-state index contributed by atoms with van der Waals surface area (Å²) in [5.41, 5.74) is 8.77. The topological polar surface area (TPSA) is 68.0 Å². The third-order valence-electron chi connectivity index (χ3n) is 3.46. The Morgan fingerprint density at radius 3 is 2.79 bits per heavy atom. The van der Waals surface area contributed by atoms with Gasteiger partial charge in [-0.2, -0.15) is 0 Å². The van der Waals surface area contributed by atoms with E-state index >= 15 is 0 Å². The number of halogens is 2. The van der Waals surface area contributed by atoms with Crippen LogP contribution in [-0.4, -0.2) is 16.9 Å². The summed E-state index contributed by atoms with van der Waals surface area (Å²) in [5.74, 6) is 0.484. The highest BCUT2D eigenvalue weighted by molar-refractivity contribution is 7.09. The quantitative estimate of drug-likeness (QED) is 0.893. The van der Waals surface area contributed by atoms with E-state index in [0.717, 1.165) is 29.8 Å². The van der Waals surface area contributed by atoms with Crippen molar-refractivity contribution in [3.63, 3.8) is 0 Å². The lowest BCUT2D eigenvalue weighted by Gasteiger charge is -2.14. The van der Waals surface area contributed by atoms with Gasteiger partial charge in [-0.15, -0.1) is 36.2 Å². The van der Waals surface area contributed by atoms with Crippen LogP contribution >= 0.6 is 36.2 Å². The minimum Gasteiger partial charge on any atom is -0.351 e. The number of carbonyl (C=O) groups is 1. The number of hydrogen-bond donors (Lipinski definition) is 2. The van der Waals surface area contributed by atoms with Crippen molar-refractivity contribution in [2.75, 3.05) is 0 Å². The van der Waals surface area contributed by atoms with Gasteiger partial charge in [0.2, 0.25) is 5.91 Å². The second kappa shape index (κ2) is 8.74. The van der Waals surface area contributed by atoms with Crippen LogP contribution in [0, 0.1) is 12.8 Å². The molecule has 1 aromatic rings. The second-order valence-electron chi connectivity index (χ2n) is 4.70. The molecule has 1 amide bonds. The van der Waals surface area contributed by atoms with E-state index in [1.54, 1.807) is 11.3 Å². The molecule has 2 rings (SSSR count). The molecular weight excluding hydrogens is 305 g/mol. The lowest BCUT2D eigenvalue weighted by Crippen LogP contribution is -2.31. The lowest BCUT2D eigenvalue weighted by atomic mass is 10.00. The van der Waals surface area contributed by atoms with Gasteiger partial charge in [0.1, 0.15) is 0 Å². The molecule has 2 atom stereocenters. The molecular formula is C12H21Cl2N3OS. The average Bonchev–Trinajstić information content (AvgIpc) is 2.86. The van der Waals surface area contributed by atoms with E-state index in [1.165, 1.54) is 0 Å². The van der Waals surface area contributed by atoms with Crippen LogP contribution in [-0.2, 0) is 11.3 Å². The molecule has 0 saturated heterocycles. The molecule has 1 saturated carbocycles. The molecule has 1 fully saturated rings. The summed E-state index contributed by atoms with van der Waals surface area (Å²) in [6.45, 7) is 2.56. The molecule has 3 N–H and O–H groups in total.